The lowest BCUT2D eigenvalue weighted by molar-refractivity contribution is -0.121. The molecule has 2 nitrogen and oxygen atoms in total. The minimum atomic E-state index is -0.281. The largest absolute Gasteiger partial charge is 0.353 e. The van der Waals surface area contributed by atoms with E-state index in [4.69, 9.17) is 0 Å². The second-order valence-corrected chi connectivity index (χ2v) is 7.10. The normalized spacial score (nSPS) is 36.7. The Kier molecular flexibility index (Phi) is 3.24. The van der Waals surface area contributed by atoms with Gasteiger partial charge in [-0.2, -0.15) is 0 Å². The van der Waals surface area contributed by atoms with Gasteiger partial charge in [-0.15, -0.1) is 0 Å². The average Bonchev–Trinajstić information content (AvgIpc) is 3.13. The second kappa shape index (κ2) is 5.11. The number of fused-ring (bicyclic) bond motifs is 5. The summed E-state index contributed by atoms with van der Waals surface area (Å²) < 4.78 is 13.6. The van der Waals surface area contributed by atoms with Gasteiger partial charge in [-0.3, -0.25) is 4.79 Å². The van der Waals surface area contributed by atoms with Crippen molar-refractivity contribution >= 4 is 5.91 Å². The molecule has 2 bridgehead atoms. The highest BCUT2D eigenvalue weighted by molar-refractivity contribution is 5.79. The number of carbonyl (C=O) groups excluding carboxylic acids is 1. The highest BCUT2D eigenvalue weighted by atomic mass is 19.1. The topological polar surface area (TPSA) is 29.1 Å². The SMILES string of the molecule is O=C(Cc1ccccc1F)N[C@@H]1C[C@H]2C[C@H]1[C@@H]1CCC[C@@H]21. The number of nitrogens with one attached hydrogen (secondary N) is 1. The molecule has 3 aliphatic rings. The lowest BCUT2D eigenvalue weighted by atomic mass is 9.79. The van der Waals surface area contributed by atoms with E-state index >= 15 is 0 Å². The number of rotatable bonds is 3. The summed E-state index contributed by atoms with van der Waals surface area (Å²) in [5.41, 5.74) is 0.497. The molecule has 0 unspecified atom stereocenters. The summed E-state index contributed by atoms with van der Waals surface area (Å²) in [4.78, 5) is 12.2. The number of hydrogen-bond donors (Lipinski definition) is 1. The minimum absolute atomic E-state index is 0.0211. The molecule has 21 heavy (non-hydrogen) atoms. The maximum absolute atomic E-state index is 13.6. The predicted octanol–water partition coefficient (Wildman–Crippen LogP) is 3.31. The van der Waals surface area contributed by atoms with E-state index in [9.17, 15) is 9.18 Å². The Hall–Kier alpha value is -1.38. The first-order valence-corrected chi connectivity index (χ1v) is 8.25. The van der Waals surface area contributed by atoms with Gasteiger partial charge in [0.05, 0.1) is 6.42 Å². The molecule has 1 aromatic carbocycles. The van der Waals surface area contributed by atoms with Crippen LogP contribution >= 0.6 is 0 Å². The second-order valence-electron chi connectivity index (χ2n) is 7.10. The van der Waals surface area contributed by atoms with Crippen LogP contribution in [0, 0.1) is 29.5 Å². The van der Waals surface area contributed by atoms with Crippen LogP contribution in [0.1, 0.15) is 37.7 Å². The van der Waals surface area contributed by atoms with Gasteiger partial charge in [-0.05, 0) is 61.0 Å². The van der Waals surface area contributed by atoms with Gasteiger partial charge >= 0.3 is 0 Å². The first-order chi connectivity index (χ1) is 10.2. The van der Waals surface area contributed by atoms with Gasteiger partial charge in [0.2, 0.25) is 5.91 Å². The fourth-order valence-electron chi connectivity index (χ4n) is 5.31. The molecule has 1 aromatic rings. The van der Waals surface area contributed by atoms with Crippen LogP contribution in [-0.2, 0) is 11.2 Å². The van der Waals surface area contributed by atoms with E-state index in [1.807, 2.05) is 0 Å². The molecule has 3 heteroatoms. The van der Waals surface area contributed by atoms with Gasteiger partial charge in [0.15, 0.2) is 0 Å². The Bertz CT molecular complexity index is 558. The smallest absolute Gasteiger partial charge is 0.224 e. The molecule has 1 N–H and O–H groups in total. The van der Waals surface area contributed by atoms with Crippen molar-refractivity contribution in [3.8, 4) is 0 Å². The lowest BCUT2D eigenvalue weighted by Crippen LogP contribution is -2.43. The van der Waals surface area contributed by atoms with E-state index in [-0.39, 0.29) is 18.1 Å². The molecular weight excluding hydrogens is 265 g/mol. The Balaban J connectivity index is 1.39. The Labute approximate surface area is 125 Å². The molecule has 3 fully saturated rings. The Morgan fingerprint density at radius 1 is 1.14 bits per heavy atom. The van der Waals surface area contributed by atoms with Gasteiger partial charge in [0, 0.05) is 6.04 Å². The molecule has 0 aliphatic heterocycles. The van der Waals surface area contributed by atoms with E-state index in [1.54, 1.807) is 18.2 Å². The van der Waals surface area contributed by atoms with Crippen LogP contribution in [0.5, 0.6) is 0 Å². The summed E-state index contributed by atoms with van der Waals surface area (Å²) in [6, 6.07) is 6.90. The summed E-state index contributed by atoms with van der Waals surface area (Å²) >= 11 is 0. The molecule has 0 aromatic heterocycles. The van der Waals surface area contributed by atoms with Crippen LogP contribution in [0.4, 0.5) is 4.39 Å². The Morgan fingerprint density at radius 3 is 2.81 bits per heavy atom. The molecule has 3 aliphatic carbocycles. The van der Waals surface area contributed by atoms with E-state index < -0.39 is 0 Å². The molecule has 0 spiro atoms. The summed E-state index contributed by atoms with van der Waals surface area (Å²) in [7, 11) is 0. The number of halogens is 1. The van der Waals surface area contributed by atoms with Gasteiger partial charge in [0.1, 0.15) is 5.82 Å². The van der Waals surface area contributed by atoms with Gasteiger partial charge < -0.3 is 5.32 Å². The maximum atomic E-state index is 13.6. The fourth-order valence-corrected chi connectivity index (χ4v) is 5.31. The predicted molar refractivity (Wildman–Crippen MR) is 79.1 cm³/mol. The van der Waals surface area contributed by atoms with Crippen molar-refractivity contribution in [2.45, 2.75) is 44.6 Å². The van der Waals surface area contributed by atoms with Gasteiger partial charge in [-0.25, -0.2) is 4.39 Å². The summed E-state index contributed by atoms with van der Waals surface area (Å²) in [6.45, 7) is 0. The van der Waals surface area contributed by atoms with Crippen LogP contribution in [0.2, 0.25) is 0 Å². The molecule has 5 atom stereocenters. The van der Waals surface area contributed by atoms with Crippen molar-refractivity contribution in [3.05, 3.63) is 35.6 Å². The zero-order valence-corrected chi connectivity index (χ0v) is 12.2. The summed E-state index contributed by atoms with van der Waals surface area (Å²) in [6.07, 6.45) is 6.74. The van der Waals surface area contributed by atoms with Crippen molar-refractivity contribution in [3.63, 3.8) is 0 Å². The third kappa shape index (κ3) is 2.27. The van der Waals surface area contributed by atoms with E-state index in [2.05, 4.69) is 5.32 Å². The molecule has 0 saturated heterocycles. The summed E-state index contributed by atoms with van der Waals surface area (Å²) in [5, 5.41) is 3.19. The molecule has 0 radical (unpaired) electrons. The monoisotopic (exact) mass is 287 g/mol. The van der Waals surface area contributed by atoms with Crippen LogP contribution in [-0.4, -0.2) is 11.9 Å². The molecule has 1 amide bonds. The van der Waals surface area contributed by atoms with Crippen molar-refractivity contribution in [2.75, 3.05) is 0 Å². The Morgan fingerprint density at radius 2 is 1.95 bits per heavy atom. The molecular formula is C18H22FNO. The van der Waals surface area contributed by atoms with Gasteiger partial charge in [0.25, 0.3) is 0 Å². The average molecular weight is 287 g/mol. The van der Waals surface area contributed by atoms with Gasteiger partial charge in [-0.1, -0.05) is 24.6 Å². The third-order valence-corrected chi connectivity index (χ3v) is 6.08. The lowest BCUT2D eigenvalue weighted by Gasteiger charge is -2.32. The highest BCUT2D eigenvalue weighted by Gasteiger charge is 2.53. The fraction of sp³-hybridized carbons (Fsp3) is 0.611. The zero-order valence-electron chi connectivity index (χ0n) is 12.2. The van der Waals surface area contributed by atoms with E-state index in [0.29, 0.717) is 17.5 Å². The molecule has 0 heterocycles. The molecule has 3 saturated carbocycles. The number of carbonyl (C=O) groups is 1. The quantitative estimate of drug-likeness (QED) is 0.908. The van der Waals surface area contributed by atoms with E-state index in [0.717, 1.165) is 24.2 Å². The number of amides is 1. The number of hydrogen-bond acceptors (Lipinski definition) is 1. The first kappa shape index (κ1) is 13.3. The van der Waals surface area contributed by atoms with Crippen LogP contribution in [0.25, 0.3) is 0 Å². The first-order valence-electron chi connectivity index (χ1n) is 8.25. The van der Waals surface area contributed by atoms with Crippen molar-refractivity contribution in [1.29, 1.82) is 0 Å². The van der Waals surface area contributed by atoms with Crippen LogP contribution in [0.3, 0.4) is 0 Å². The van der Waals surface area contributed by atoms with E-state index in [1.165, 1.54) is 31.7 Å². The molecule has 112 valence electrons. The van der Waals surface area contributed by atoms with Crippen molar-refractivity contribution in [2.24, 2.45) is 23.7 Å². The summed E-state index contributed by atoms with van der Waals surface area (Å²) in [5.74, 6) is 3.01. The van der Waals surface area contributed by atoms with Crippen LogP contribution in [0.15, 0.2) is 24.3 Å². The third-order valence-electron chi connectivity index (χ3n) is 6.08. The standard InChI is InChI=1S/C18H22FNO/c19-16-7-2-1-4-11(16)10-18(21)20-17-9-12-8-15(17)14-6-3-5-13(12)14/h1-2,4,7,12-15,17H,3,5-6,8-10H2,(H,20,21)/t12-,13+,14-,15+,17-/m1/s1. The molecule has 4 rings (SSSR count). The van der Waals surface area contributed by atoms with Crippen molar-refractivity contribution < 1.29 is 9.18 Å². The minimum Gasteiger partial charge on any atom is -0.353 e. The number of benzene rings is 1. The van der Waals surface area contributed by atoms with Crippen molar-refractivity contribution in [1.82, 2.24) is 5.32 Å². The van der Waals surface area contributed by atoms with Crippen LogP contribution < -0.4 is 5.32 Å². The zero-order chi connectivity index (χ0) is 14.4. The maximum Gasteiger partial charge on any atom is 0.224 e. The highest BCUT2D eigenvalue weighted by Crippen LogP contribution is 2.58.